The highest BCUT2D eigenvalue weighted by atomic mass is 35.5. The number of carbonyl (C=O) groups excluding carboxylic acids is 2. The summed E-state index contributed by atoms with van der Waals surface area (Å²) in [6.45, 7) is 3.34. The van der Waals surface area contributed by atoms with Crippen LogP contribution >= 0.6 is 11.6 Å². The number of anilines is 2. The molecule has 3 N–H and O–H groups in total. The lowest BCUT2D eigenvalue weighted by Gasteiger charge is -2.26. The minimum Gasteiger partial charge on any atom is -0.465 e. The van der Waals surface area contributed by atoms with Crippen LogP contribution in [-0.2, 0) is 9.53 Å². The Labute approximate surface area is 152 Å². The van der Waals surface area contributed by atoms with Gasteiger partial charge in [-0.15, -0.1) is 11.6 Å². The summed E-state index contributed by atoms with van der Waals surface area (Å²) in [5.41, 5.74) is 1.53. The third-order valence-corrected chi connectivity index (χ3v) is 4.58. The summed E-state index contributed by atoms with van der Waals surface area (Å²) in [6, 6.07) is 5.04. The number of rotatable bonds is 7. The van der Waals surface area contributed by atoms with Crippen LogP contribution in [-0.4, -0.2) is 60.2 Å². The number of halogens is 1. The number of alkyl halides is 1. The van der Waals surface area contributed by atoms with Crippen LogP contribution < -0.4 is 10.6 Å². The molecule has 0 radical (unpaired) electrons. The lowest BCUT2D eigenvalue weighted by molar-refractivity contribution is -0.113. The van der Waals surface area contributed by atoms with Gasteiger partial charge in [-0.05, 0) is 37.6 Å². The van der Waals surface area contributed by atoms with Gasteiger partial charge in [-0.3, -0.25) is 9.69 Å². The van der Waals surface area contributed by atoms with E-state index in [2.05, 4.69) is 10.6 Å². The summed E-state index contributed by atoms with van der Waals surface area (Å²) < 4.78 is 4.74. The Balaban J connectivity index is 2.17. The molecule has 1 aromatic carbocycles. The average molecular weight is 370 g/mol. The van der Waals surface area contributed by atoms with Gasteiger partial charge in [0, 0.05) is 12.6 Å². The molecule has 0 bridgehead atoms. The van der Waals surface area contributed by atoms with E-state index in [0.29, 0.717) is 23.5 Å². The third-order valence-electron chi connectivity index (χ3n) is 4.34. The number of carbonyl (C=O) groups is 2. The van der Waals surface area contributed by atoms with Crippen LogP contribution in [0.4, 0.5) is 11.4 Å². The van der Waals surface area contributed by atoms with Crippen LogP contribution in [0.15, 0.2) is 18.2 Å². The summed E-state index contributed by atoms with van der Waals surface area (Å²) in [4.78, 5) is 25.4. The Morgan fingerprint density at radius 2 is 2.12 bits per heavy atom. The monoisotopic (exact) mass is 369 g/mol. The van der Waals surface area contributed by atoms with Crippen molar-refractivity contribution in [3.8, 4) is 0 Å². The quantitative estimate of drug-likeness (QED) is 0.502. The molecule has 138 valence electrons. The van der Waals surface area contributed by atoms with Gasteiger partial charge in [-0.1, -0.05) is 6.92 Å². The molecule has 1 saturated heterocycles. The number of esters is 1. The molecule has 2 unspecified atom stereocenters. The lowest BCUT2D eigenvalue weighted by atomic mass is 10.1. The molecule has 0 aromatic heterocycles. The van der Waals surface area contributed by atoms with Crippen LogP contribution in [0.25, 0.3) is 0 Å². The molecule has 1 heterocycles. The third kappa shape index (κ3) is 4.84. The van der Waals surface area contributed by atoms with Crippen molar-refractivity contribution in [3.63, 3.8) is 0 Å². The Bertz CT molecular complexity index is 626. The van der Waals surface area contributed by atoms with Gasteiger partial charge in [0.1, 0.15) is 12.1 Å². The summed E-state index contributed by atoms with van der Waals surface area (Å²) >= 11 is 5.55. The largest absolute Gasteiger partial charge is 0.465 e. The molecule has 1 amide bonds. The average Bonchev–Trinajstić information content (AvgIpc) is 2.99. The smallest absolute Gasteiger partial charge is 0.337 e. The second kappa shape index (κ2) is 9.03. The molecule has 25 heavy (non-hydrogen) atoms. The molecular weight excluding hydrogens is 346 g/mol. The molecule has 2 rings (SSSR count). The number of aliphatic hydroxyl groups excluding tert-OH is 1. The first-order chi connectivity index (χ1) is 12.0. The second-order valence-electron chi connectivity index (χ2n) is 5.86. The van der Waals surface area contributed by atoms with E-state index in [4.69, 9.17) is 16.3 Å². The van der Waals surface area contributed by atoms with E-state index in [1.54, 1.807) is 18.2 Å². The van der Waals surface area contributed by atoms with E-state index in [1.165, 1.54) is 7.11 Å². The van der Waals surface area contributed by atoms with Crippen molar-refractivity contribution in [3.05, 3.63) is 23.8 Å². The van der Waals surface area contributed by atoms with Crippen molar-refractivity contribution in [2.45, 2.75) is 32.0 Å². The number of amides is 1. The van der Waals surface area contributed by atoms with Gasteiger partial charge in [0.15, 0.2) is 0 Å². The molecule has 1 aliphatic heterocycles. The number of ether oxygens (including phenoxy) is 1. The van der Waals surface area contributed by atoms with Crippen LogP contribution in [0.5, 0.6) is 0 Å². The van der Waals surface area contributed by atoms with Gasteiger partial charge in [0.25, 0.3) is 0 Å². The minimum atomic E-state index is -0.454. The number of methoxy groups -OCH3 is 1. The van der Waals surface area contributed by atoms with Gasteiger partial charge < -0.3 is 20.5 Å². The Morgan fingerprint density at radius 3 is 2.76 bits per heavy atom. The van der Waals surface area contributed by atoms with Gasteiger partial charge >= 0.3 is 5.97 Å². The summed E-state index contributed by atoms with van der Waals surface area (Å²) in [5, 5.41) is 16.0. The van der Waals surface area contributed by atoms with Crippen molar-refractivity contribution in [1.82, 2.24) is 4.90 Å². The van der Waals surface area contributed by atoms with Crippen LogP contribution in [0.2, 0.25) is 0 Å². The Morgan fingerprint density at radius 1 is 1.36 bits per heavy atom. The molecule has 1 fully saturated rings. The highest BCUT2D eigenvalue weighted by molar-refractivity contribution is 6.29. The number of aliphatic hydroxyl groups is 1. The Kier molecular flexibility index (Phi) is 7.04. The number of hydrogen-bond acceptors (Lipinski definition) is 6. The van der Waals surface area contributed by atoms with Crippen molar-refractivity contribution >= 4 is 34.9 Å². The zero-order valence-electron chi connectivity index (χ0n) is 14.4. The Hall–Kier alpha value is -1.83. The maximum atomic E-state index is 11.8. The number of nitrogens with one attached hydrogen (secondary N) is 2. The van der Waals surface area contributed by atoms with Crippen LogP contribution in [0, 0.1) is 0 Å². The first-order valence-electron chi connectivity index (χ1n) is 8.26. The predicted molar refractivity (Wildman–Crippen MR) is 97.0 cm³/mol. The standard InChI is InChI=1S/C17H24ClN3O4/c1-3-21-12(5-7-16(21)23)10-19-14-8-11(17(24)25-2)4-6-13(14)20-15(22)9-18/h4,6,8,12,16,19,23H,3,5,7,9-10H2,1-2H3,(H,20,22). The van der Waals surface area contributed by atoms with Crippen molar-refractivity contribution < 1.29 is 19.4 Å². The lowest BCUT2D eigenvalue weighted by Crippen LogP contribution is -2.39. The van der Waals surface area contributed by atoms with Crippen molar-refractivity contribution in [2.24, 2.45) is 0 Å². The maximum Gasteiger partial charge on any atom is 0.337 e. The summed E-state index contributed by atoms with van der Waals surface area (Å²) in [5.74, 6) is -0.942. The fourth-order valence-corrected chi connectivity index (χ4v) is 3.13. The van der Waals surface area contributed by atoms with E-state index in [1.807, 2.05) is 11.8 Å². The first-order valence-corrected chi connectivity index (χ1v) is 8.79. The molecule has 2 atom stereocenters. The molecule has 1 aliphatic rings. The number of likely N-dealkylation sites (tertiary alicyclic amines) is 1. The zero-order valence-corrected chi connectivity index (χ0v) is 15.2. The summed E-state index contributed by atoms with van der Waals surface area (Å²) in [7, 11) is 1.32. The molecule has 1 aromatic rings. The first kappa shape index (κ1) is 19.5. The second-order valence-corrected chi connectivity index (χ2v) is 6.12. The molecular formula is C17H24ClN3O4. The molecule has 8 heteroatoms. The number of nitrogens with zero attached hydrogens (tertiary/aromatic N) is 1. The predicted octanol–water partition coefficient (Wildman–Crippen LogP) is 1.87. The van der Waals surface area contributed by atoms with Crippen molar-refractivity contribution in [2.75, 3.05) is 36.7 Å². The fraction of sp³-hybridized carbons (Fsp3) is 0.529. The molecule has 0 saturated carbocycles. The molecule has 7 nitrogen and oxygen atoms in total. The van der Waals surface area contributed by atoms with E-state index in [-0.39, 0.29) is 17.8 Å². The number of benzene rings is 1. The summed E-state index contributed by atoms with van der Waals surface area (Å²) in [6.07, 6.45) is 1.19. The topological polar surface area (TPSA) is 90.9 Å². The highest BCUT2D eigenvalue weighted by Crippen LogP contribution is 2.27. The zero-order chi connectivity index (χ0) is 18.4. The minimum absolute atomic E-state index is 0.156. The van der Waals surface area contributed by atoms with Gasteiger partial charge in [-0.2, -0.15) is 0 Å². The molecule has 0 spiro atoms. The van der Waals surface area contributed by atoms with Gasteiger partial charge in [-0.25, -0.2) is 4.79 Å². The van der Waals surface area contributed by atoms with Gasteiger partial charge in [0.2, 0.25) is 5.91 Å². The maximum absolute atomic E-state index is 11.8. The van der Waals surface area contributed by atoms with Gasteiger partial charge in [0.05, 0.1) is 24.0 Å². The number of likely N-dealkylation sites (N-methyl/N-ethyl adjacent to an activating group) is 1. The normalized spacial score (nSPS) is 20.3. The van der Waals surface area contributed by atoms with E-state index < -0.39 is 12.2 Å². The van der Waals surface area contributed by atoms with Crippen molar-refractivity contribution in [1.29, 1.82) is 0 Å². The molecule has 0 aliphatic carbocycles. The van der Waals surface area contributed by atoms with E-state index in [9.17, 15) is 14.7 Å². The van der Waals surface area contributed by atoms with E-state index in [0.717, 1.165) is 19.4 Å². The fourth-order valence-electron chi connectivity index (χ4n) is 3.06. The van der Waals surface area contributed by atoms with E-state index >= 15 is 0 Å². The van der Waals surface area contributed by atoms with Crippen LogP contribution in [0.3, 0.4) is 0 Å². The highest BCUT2D eigenvalue weighted by Gasteiger charge is 2.30. The van der Waals surface area contributed by atoms with Crippen LogP contribution in [0.1, 0.15) is 30.1 Å². The number of hydrogen-bond donors (Lipinski definition) is 3. The SMILES string of the molecule is CCN1C(O)CCC1CNc1cc(C(=O)OC)ccc1NC(=O)CCl.